The van der Waals surface area contributed by atoms with Crippen LogP contribution in [0.5, 0.6) is 0 Å². The summed E-state index contributed by atoms with van der Waals surface area (Å²) < 4.78 is 1.96. The van der Waals surface area contributed by atoms with Gasteiger partial charge in [-0.05, 0) is 45.3 Å². The van der Waals surface area contributed by atoms with E-state index in [1.165, 1.54) is 37.9 Å². The standard InChI is InChI=1S/C16H30N6/c1-3-17-16(18-7-11-21-9-5-4-6-10-21)19-8-12-22-14-15(2)13-20-22/h13-14H,3-12H2,1-2H3,(H2,17,18,19). The lowest BCUT2D eigenvalue weighted by Gasteiger charge is -2.25. The second kappa shape index (κ2) is 9.46. The molecule has 1 aromatic heterocycles. The highest BCUT2D eigenvalue weighted by molar-refractivity contribution is 5.79. The van der Waals surface area contributed by atoms with E-state index in [-0.39, 0.29) is 0 Å². The minimum Gasteiger partial charge on any atom is -0.357 e. The summed E-state index contributed by atoms with van der Waals surface area (Å²) in [7, 11) is 0. The molecule has 2 heterocycles. The largest absolute Gasteiger partial charge is 0.357 e. The van der Waals surface area contributed by atoms with E-state index in [2.05, 4.69) is 45.7 Å². The smallest absolute Gasteiger partial charge is 0.191 e. The normalized spacial score (nSPS) is 16.7. The molecule has 124 valence electrons. The minimum atomic E-state index is 0.830. The van der Waals surface area contributed by atoms with Crippen molar-refractivity contribution in [3.63, 3.8) is 0 Å². The third-order valence-electron chi connectivity index (χ3n) is 3.87. The molecule has 0 spiro atoms. The highest BCUT2D eigenvalue weighted by Crippen LogP contribution is 2.07. The second-order valence-electron chi connectivity index (χ2n) is 5.87. The Morgan fingerprint density at radius 3 is 2.73 bits per heavy atom. The third-order valence-corrected chi connectivity index (χ3v) is 3.87. The Bertz CT molecular complexity index is 447. The Labute approximate surface area is 134 Å². The van der Waals surface area contributed by atoms with Crippen LogP contribution in [0, 0.1) is 6.92 Å². The van der Waals surface area contributed by atoms with Gasteiger partial charge in [-0.15, -0.1) is 0 Å². The lowest BCUT2D eigenvalue weighted by molar-refractivity contribution is 0.235. The molecule has 0 saturated carbocycles. The number of hydrogen-bond acceptors (Lipinski definition) is 3. The monoisotopic (exact) mass is 306 g/mol. The minimum absolute atomic E-state index is 0.830. The van der Waals surface area contributed by atoms with Gasteiger partial charge in [-0.3, -0.25) is 9.67 Å². The average Bonchev–Trinajstić information content (AvgIpc) is 2.94. The van der Waals surface area contributed by atoms with E-state index in [9.17, 15) is 0 Å². The van der Waals surface area contributed by atoms with Gasteiger partial charge in [-0.2, -0.15) is 5.10 Å². The van der Waals surface area contributed by atoms with Crippen molar-refractivity contribution in [1.29, 1.82) is 0 Å². The van der Waals surface area contributed by atoms with Crippen molar-refractivity contribution in [2.45, 2.75) is 39.7 Å². The molecule has 1 aromatic rings. The third kappa shape index (κ3) is 6.05. The van der Waals surface area contributed by atoms with Gasteiger partial charge in [0.2, 0.25) is 0 Å². The zero-order chi connectivity index (χ0) is 15.6. The van der Waals surface area contributed by atoms with E-state index in [0.717, 1.165) is 38.7 Å². The van der Waals surface area contributed by atoms with E-state index in [1.54, 1.807) is 0 Å². The fourth-order valence-corrected chi connectivity index (χ4v) is 2.71. The van der Waals surface area contributed by atoms with Crippen LogP contribution in [0.2, 0.25) is 0 Å². The Balaban J connectivity index is 1.69. The van der Waals surface area contributed by atoms with Crippen molar-refractivity contribution in [3.8, 4) is 0 Å². The number of aryl methyl sites for hydroxylation is 1. The second-order valence-corrected chi connectivity index (χ2v) is 5.87. The first-order valence-corrected chi connectivity index (χ1v) is 8.51. The summed E-state index contributed by atoms with van der Waals surface area (Å²) in [4.78, 5) is 7.18. The molecule has 6 heteroatoms. The SMILES string of the molecule is CCNC(=NCCN1CCCCC1)NCCn1cc(C)cn1. The maximum Gasteiger partial charge on any atom is 0.191 e. The van der Waals surface area contributed by atoms with Gasteiger partial charge in [0.05, 0.1) is 19.3 Å². The highest BCUT2D eigenvalue weighted by Gasteiger charge is 2.08. The number of guanidine groups is 1. The summed E-state index contributed by atoms with van der Waals surface area (Å²) in [5, 5.41) is 11.0. The molecule has 1 saturated heterocycles. The molecule has 0 atom stereocenters. The number of rotatable bonds is 7. The quantitative estimate of drug-likeness (QED) is 0.588. The van der Waals surface area contributed by atoms with E-state index in [1.807, 2.05) is 10.9 Å². The van der Waals surface area contributed by atoms with Gasteiger partial charge in [-0.25, -0.2) is 0 Å². The van der Waals surface area contributed by atoms with Crippen LogP contribution < -0.4 is 10.6 Å². The fourth-order valence-electron chi connectivity index (χ4n) is 2.71. The molecule has 0 amide bonds. The zero-order valence-corrected chi connectivity index (χ0v) is 14.0. The Hall–Kier alpha value is -1.56. The first-order valence-electron chi connectivity index (χ1n) is 8.51. The fraction of sp³-hybridized carbons (Fsp3) is 0.750. The topological polar surface area (TPSA) is 57.5 Å². The maximum absolute atomic E-state index is 4.67. The number of piperidine rings is 1. The van der Waals surface area contributed by atoms with Crippen LogP contribution >= 0.6 is 0 Å². The maximum atomic E-state index is 4.67. The van der Waals surface area contributed by atoms with Crippen molar-refractivity contribution in [3.05, 3.63) is 18.0 Å². The van der Waals surface area contributed by atoms with Crippen LogP contribution in [0.15, 0.2) is 17.4 Å². The number of hydrogen-bond donors (Lipinski definition) is 2. The predicted molar refractivity (Wildman–Crippen MR) is 91.2 cm³/mol. The average molecular weight is 306 g/mol. The summed E-state index contributed by atoms with van der Waals surface area (Å²) in [6, 6.07) is 0. The number of nitrogens with one attached hydrogen (secondary N) is 2. The molecule has 1 fully saturated rings. The first-order chi connectivity index (χ1) is 10.8. The first kappa shape index (κ1) is 16.8. The molecular formula is C16H30N6. The van der Waals surface area contributed by atoms with Gasteiger partial charge in [0.25, 0.3) is 0 Å². The molecule has 2 N–H and O–H groups in total. The molecule has 2 rings (SSSR count). The number of likely N-dealkylation sites (tertiary alicyclic amines) is 1. The Morgan fingerprint density at radius 1 is 1.23 bits per heavy atom. The molecular weight excluding hydrogens is 276 g/mol. The van der Waals surface area contributed by atoms with Crippen LogP contribution in [0.1, 0.15) is 31.7 Å². The highest BCUT2D eigenvalue weighted by atomic mass is 15.3. The predicted octanol–water partition coefficient (Wildman–Crippen LogP) is 1.23. The van der Waals surface area contributed by atoms with Crippen LogP contribution in [0.4, 0.5) is 0 Å². The van der Waals surface area contributed by atoms with Crippen molar-refractivity contribution in [2.24, 2.45) is 4.99 Å². The van der Waals surface area contributed by atoms with E-state index in [0.29, 0.717) is 0 Å². The molecule has 22 heavy (non-hydrogen) atoms. The Morgan fingerprint density at radius 2 is 2.05 bits per heavy atom. The molecule has 0 aliphatic carbocycles. The molecule has 0 aromatic carbocycles. The van der Waals surface area contributed by atoms with Crippen LogP contribution in [0.3, 0.4) is 0 Å². The summed E-state index contributed by atoms with van der Waals surface area (Å²) in [5.41, 5.74) is 1.20. The van der Waals surface area contributed by atoms with Gasteiger partial charge >= 0.3 is 0 Å². The molecule has 1 aliphatic heterocycles. The van der Waals surface area contributed by atoms with Gasteiger partial charge in [0, 0.05) is 25.8 Å². The van der Waals surface area contributed by atoms with Crippen LogP contribution in [-0.4, -0.2) is 59.9 Å². The summed E-state index contributed by atoms with van der Waals surface area (Å²) in [6.07, 6.45) is 8.01. The molecule has 1 aliphatic rings. The number of aromatic nitrogens is 2. The van der Waals surface area contributed by atoms with E-state index in [4.69, 9.17) is 0 Å². The van der Waals surface area contributed by atoms with Crippen molar-refractivity contribution in [2.75, 3.05) is 39.3 Å². The Kier molecular flexibility index (Phi) is 7.22. The summed E-state index contributed by atoms with van der Waals surface area (Å²) >= 11 is 0. The zero-order valence-electron chi connectivity index (χ0n) is 14.0. The van der Waals surface area contributed by atoms with Gasteiger partial charge < -0.3 is 15.5 Å². The lowest BCUT2D eigenvalue weighted by Crippen LogP contribution is -2.40. The van der Waals surface area contributed by atoms with Crippen LogP contribution in [-0.2, 0) is 6.54 Å². The molecule has 0 unspecified atom stereocenters. The number of aliphatic imine (C=N–C) groups is 1. The molecule has 0 bridgehead atoms. The van der Waals surface area contributed by atoms with Crippen molar-refractivity contribution in [1.82, 2.24) is 25.3 Å². The summed E-state index contributed by atoms with van der Waals surface area (Å²) in [6.45, 7) is 11.1. The van der Waals surface area contributed by atoms with Gasteiger partial charge in [0.15, 0.2) is 5.96 Å². The van der Waals surface area contributed by atoms with Gasteiger partial charge in [-0.1, -0.05) is 6.42 Å². The lowest BCUT2D eigenvalue weighted by atomic mass is 10.1. The number of nitrogens with zero attached hydrogens (tertiary/aromatic N) is 4. The van der Waals surface area contributed by atoms with Crippen molar-refractivity contribution >= 4 is 5.96 Å². The van der Waals surface area contributed by atoms with Gasteiger partial charge in [0.1, 0.15) is 0 Å². The van der Waals surface area contributed by atoms with E-state index >= 15 is 0 Å². The van der Waals surface area contributed by atoms with E-state index < -0.39 is 0 Å². The molecule has 0 radical (unpaired) electrons. The molecule has 6 nitrogen and oxygen atoms in total. The van der Waals surface area contributed by atoms with Crippen molar-refractivity contribution < 1.29 is 0 Å². The van der Waals surface area contributed by atoms with Crippen LogP contribution in [0.25, 0.3) is 0 Å². The summed E-state index contributed by atoms with van der Waals surface area (Å²) in [5.74, 6) is 0.906.